The van der Waals surface area contributed by atoms with E-state index in [0.717, 1.165) is 10.4 Å². The fourth-order valence-electron chi connectivity index (χ4n) is 0.604. The van der Waals surface area contributed by atoms with Crippen LogP contribution < -0.4 is 0 Å². The zero-order valence-electron chi connectivity index (χ0n) is 8.00. The van der Waals surface area contributed by atoms with Gasteiger partial charge in [-0.1, -0.05) is 39.0 Å². The van der Waals surface area contributed by atoms with Gasteiger partial charge in [0, 0.05) is 6.07 Å². The molecule has 0 aliphatic heterocycles. The molecule has 2 nitrogen and oxygen atoms in total. The first-order valence-corrected chi connectivity index (χ1v) is 5.11. The Kier molecular flexibility index (Phi) is 6.38. The van der Waals surface area contributed by atoms with Gasteiger partial charge in [0.25, 0.3) is 0 Å². The predicted octanol–water partition coefficient (Wildman–Crippen LogP) is 3.94. The van der Waals surface area contributed by atoms with Crippen molar-refractivity contribution in [1.29, 1.82) is 0 Å². The van der Waals surface area contributed by atoms with Crippen LogP contribution in [0.15, 0.2) is 22.3 Å². The number of rotatable bonds is 0. The molecule has 0 aromatic carbocycles. The summed E-state index contributed by atoms with van der Waals surface area (Å²) in [5.74, 6) is 0. The third kappa shape index (κ3) is 2.66. The maximum atomic E-state index is 5.01. The van der Waals surface area contributed by atoms with E-state index in [1.165, 1.54) is 11.3 Å². The summed E-state index contributed by atoms with van der Waals surface area (Å²) < 4.78 is 5.01. The number of hydrogen-bond acceptors (Lipinski definition) is 3. The van der Waals surface area contributed by atoms with Crippen molar-refractivity contribution in [1.82, 2.24) is 4.98 Å². The third-order valence-electron chi connectivity index (χ3n) is 0.962. The van der Waals surface area contributed by atoms with Gasteiger partial charge in [0.05, 0.1) is 11.8 Å². The van der Waals surface area contributed by atoms with E-state index in [2.05, 4.69) is 4.98 Å². The molecule has 0 spiro atoms. The van der Waals surface area contributed by atoms with Crippen LogP contribution in [0.25, 0.3) is 10.4 Å². The Bertz CT molecular complexity index is 236. The molecule has 0 saturated heterocycles. The van der Waals surface area contributed by atoms with Crippen molar-refractivity contribution in [2.24, 2.45) is 0 Å². The number of thiazole rings is 1. The molecule has 0 fully saturated rings. The lowest BCUT2D eigenvalue weighted by Gasteiger charge is -1.63. The lowest BCUT2D eigenvalue weighted by molar-refractivity contribution is 0.623. The first kappa shape index (κ1) is 11.2. The molecule has 2 aromatic rings. The van der Waals surface area contributed by atoms with Gasteiger partial charge in [0.15, 0.2) is 0 Å². The molecule has 0 atom stereocenters. The van der Waals surface area contributed by atoms with Gasteiger partial charge in [-0.25, -0.2) is 4.98 Å². The highest BCUT2D eigenvalue weighted by Gasteiger charge is 1.94. The summed E-state index contributed by atoms with van der Waals surface area (Å²) in [4.78, 5) is 4.91. The summed E-state index contributed by atoms with van der Waals surface area (Å²) in [6.45, 7) is 8.00. The molecule has 2 heterocycles. The van der Waals surface area contributed by atoms with E-state index in [9.17, 15) is 0 Å². The summed E-state index contributed by atoms with van der Waals surface area (Å²) in [6.07, 6.45) is 1.65. The van der Waals surface area contributed by atoms with Crippen LogP contribution >= 0.6 is 11.3 Å². The van der Waals surface area contributed by atoms with Gasteiger partial charge < -0.3 is 4.42 Å². The number of hydrogen-bond donors (Lipinski definition) is 0. The van der Waals surface area contributed by atoms with Crippen molar-refractivity contribution in [3.05, 3.63) is 17.8 Å². The maximum absolute atomic E-state index is 5.01. The third-order valence-corrected chi connectivity index (χ3v) is 1.69. The molecule has 0 N–H and O–H groups in total. The van der Waals surface area contributed by atoms with Crippen LogP contribution in [0.4, 0.5) is 0 Å². The standard InChI is InChI=1S/C5H3NOS.2C2H6/c1-2-7-5-4(1)6-3-8-5;2*1-2/h1-3H;2*1-2H3. The van der Waals surface area contributed by atoms with Crippen LogP contribution in [0.5, 0.6) is 0 Å². The van der Waals surface area contributed by atoms with Gasteiger partial charge in [-0.15, -0.1) is 0 Å². The summed E-state index contributed by atoms with van der Waals surface area (Å²) >= 11 is 1.52. The highest BCUT2D eigenvalue weighted by Crippen LogP contribution is 2.16. The Balaban J connectivity index is 0.000000269. The molecule has 0 aliphatic rings. The van der Waals surface area contributed by atoms with E-state index < -0.39 is 0 Å². The normalized spacial score (nSPS) is 8.00. The monoisotopic (exact) mass is 185 g/mol. The van der Waals surface area contributed by atoms with E-state index >= 15 is 0 Å². The van der Waals surface area contributed by atoms with Crippen molar-refractivity contribution in [2.45, 2.75) is 27.7 Å². The van der Waals surface area contributed by atoms with Gasteiger partial charge in [-0.05, 0) is 0 Å². The number of fused-ring (bicyclic) bond motifs is 1. The molecular weight excluding hydrogens is 170 g/mol. The fraction of sp³-hybridized carbons (Fsp3) is 0.444. The molecule has 0 radical (unpaired) electrons. The van der Waals surface area contributed by atoms with Gasteiger partial charge in [-0.2, -0.15) is 0 Å². The molecular formula is C9H15NOS. The van der Waals surface area contributed by atoms with Crippen LogP contribution in [0.2, 0.25) is 0 Å². The zero-order valence-corrected chi connectivity index (χ0v) is 8.81. The average molecular weight is 185 g/mol. The number of nitrogens with zero attached hydrogens (tertiary/aromatic N) is 1. The fourth-order valence-corrected chi connectivity index (χ4v) is 1.22. The van der Waals surface area contributed by atoms with Crippen LogP contribution in [0, 0.1) is 0 Å². The van der Waals surface area contributed by atoms with Crippen LogP contribution in [0.3, 0.4) is 0 Å². The molecule has 0 bridgehead atoms. The minimum atomic E-state index is 0.907. The second-order valence-corrected chi connectivity index (χ2v) is 2.26. The average Bonchev–Trinajstić information content (AvgIpc) is 2.72. The van der Waals surface area contributed by atoms with Gasteiger partial charge in [0.1, 0.15) is 5.52 Å². The minimum Gasteiger partial charge on any atom is -0.452 e. The molecule has 68 valence electrons. The highest BCUT2D eigenvalue weighted by atomic mass is 32.1. The lowest BCUT2D eigenvalue weighted by Crippen LogP contribution is -1.49. The van der Waals surface area contributed by atoms with E-state index in [1.54, 1.807) is 11.8 Å². The Hall–Kier alpha value is -0.830. The minimum absolute atomic E-state index is 0.907. The molecule has 0 unspecified atom stereocenters. The smallest absolute Gasteiger partial charge is 0.207 e. The SMILES string of the molecule is CC.CC.c1cc2ncsc2o1. The summed E-state index contributed by atoms with van der Waals surface area (Å²) in [5.41, 5.74) is 2.73. The van der Waals surface area contributed by atoms with Gasteiger partial charge >= 0.3 is 0 Å². The first-order chi connectivity index (χ1) is 5.97. The molecule has 2 rings (SSSR count). The summed E-state index contributed by atoms with van der Waals surface area (Å²) in [7, 11) is 0. The summed E-state index contributed by atoms with van der Waals surface area (Å²) in [5, 5.41) is 0. The first-order valence-electron chi connectivity index (χ1n) is 4.23. The van der Waals surface area contributed by atoms with E-state index in [1.807, 2.05) is 33.8 Å². The van der Waals surface area contributed by atoms with Crippen LogP contribution in [-0.2, 0) is 0 Å². The summed E-state index contributed by atoms with van der Waals surface area (Å²) in [6, 6.07) is 1.85. The molecule has 12 heavy (non-hydrogen) atoms. The second kappa shape index (κ2) is 6.85. The zero-order chi connectivity index (χ0) is 9.40. The topological polar surface area (TPSA) is 26.0 Å². The number of aromatic nitrogens is 1. The number of furan rings is 1. The predicted molar refractivity (Wildman–Crippen MR) is 54.6 cm³/mol. The van der Waals surface area contributed by atoms with Gasteiger partial charge in [0.2, 0.25) is 4.90 Å². The second-order valence-electron chi connectivity index (χ2n) is 1.45. The quantitative estimate of drug-likeness (QED) is 0.621. The van der Waals surface area contributed by atoms with Crippen LogP contribution in [0.1, 0.15) is 27.7 Å². The van der Waals surface area contributed by atoms with E-state index in [-0.39, 0.29) is 0 Å². The van der Waals surface area contributed by atoms with Crippen LogP contribution in [-0.4, -0.2) is 4.98 Å². The maximum Gasteiger partial charge on any atom is 0.207 e. The Morgan fingerprint density at radius 3 is 2.50 bits per heavy atom. The molecule has 0 saturated carbocycles. The lowest BCUT2D eigenvalue weighted by atomic mass is 10.6. The van der Waals surface area contributed by atoms with Crippen molar-refractivity contribution in [3.8, 4) is 0 Å². The van der Waals surface area contributed by atoms with E-state index in [4.69, 9.17) is 4.42 Å². The van der Waals surface area contributed by atoms with Crippen molar-refractivity contribution >= 4 is 21.8 Å². The molecule has 3 heteroatoms. The van der Waals surface area contributed by atoms with Crippen molar-refractivity contribution in [3.63, 3.8) is 0 Å². The van der Waals surface area contributed by atoms with E-state index in [0.29, 0.717) is 0 Å². The van der Waals surface area contributed by atoms with Crippen molar-refractivity contribution < 1.29 is 4.42 Å². The Morgan fingerprint density at radius 2 is 1.92 bits per heavy atom. The Morgan fingerprint density at radius 1 is 1.25 bits per heavy atom. The molecule has 0 aliphatic carbocycles. The highest BCUT2D eigenvalue weighted by molar-refractivity contribution is 7.16. The Labute approximate surface area is 77.2 Å². The molecule has 2 aromatic heterocycles. The van der Waals surface area contributed by atoms with Gasteiger partial charge in [-0.3, -0.25) is 0 Å². The van der Waals surface area contributed by atoms with Crippen molar-refractivity contribution in [2.75, 3.05) is 0 Å². The molecule has 0 amide bonds. The largest absolute Gasteiger partial charge is 0.452 e.